The van der Waals surface area contributed by atoms with Gasteiger partial charge in [0.1, 0.15) is 10.6 Å². The molecule has 25 heavy (non-hydrogen) atoms. The minimum atomic E-state index is 0.123. The van der Waals surface area contributed by atoms with E-state index in [1.54, 1.807) is 11.3 Å². The summed E-state index contributed by atoms with van der Waals surface area (Å²) in [4.78, 5) is 20.5. The summed E-state index contributed by atoms with van der Waals surface area (Å²) >= 11 is 1.55. The molecule has 0 radical (unpaired) electrons. The number of thiazole rings is 1. The number of benzene rings is 1. The molecule has 0 spiro atoms. The number of ether oxygens (including phenoxy) is 1. The zero-order valence-electron chi connectivity index (χ0n) is 15.4. The molecule has 1 unspecified atom stereocenters. The van der Waals surface area contributed by atoms with E-state index in [9.17, 15) is 4.79 Å². The minimum absolute atomic E-state index is 0.123. The second kappa shape index (κ2) is 7.56. The Kier molecular flexibility index (Phi) is 5.42. The van der Waals surface area contributed by atoms with Crippen LogP contribution in [0, 0.1) is 6.92 Å². The van der Waals surface area contributed by atoms with Crippen molar-refractivity contribution in [1.29, 1.82) is 0 Å². The average molecular weight is 359 g/mol. The molecule has 0 bridgehead atoms. The first kappa shape index (κ1) is 17.9. The lowest BCUT2D eigenvalue weighted by molar-refractivity contribution is 0.0739. The number of hydrogen-bond donors (Lipinski definition) is 0. The standard InChI is InChI=1S/C20H26N2O2S/c1-5-24-16-10-8-15(9-11-16)17-7-6-12-22(17)20(23)18-14(4)21-19(25-18)13(2)3/h8-11,13,17H,5-7,12H2,1-4H3. The summed E-state index contributed by atoms with van der Waals surface area (Å²) in [7, 11) is 0. The highest BCUT2D eigenvalue weighted by atomic mass is 32.1. The van der Waals surface area contributed by atoms with E-state index in [1.165, 1.54) is 5.56 Å². The van der Waals surface area contributed by atoms with Crippen molar-refractivity contribution in [2.45, 2.75) is 52.5 Å². The van der Waals surface area contributed by atoms with Gasteiger partial charge in [-0.1, -0.05) is 26.0 Å². The maximum Gasteiger partial charge on any atom is 0.266 e. The van der Waals surface area contributed by atoms with E-state index in [0.29, 0.717) is 12.5 Å². The van der Waals surface area contributed by atoms with Crippen LogP contribution in [-0.4, -0.2) is 28.9 Å². The molecule has 0 aliphatic carbocycles. The molecule has 1 amide bonds. The van der Waals surface area contributed by atoms with Gasteiger partial charge >= 0.3 is 0 Å². The highest BCUT2D eigenvalue weighted by Crippen LogP contribution is 2.36. The van der Waals surface area contributed by atoms with E-state index in [4.69, 9.17) is 4.74 Å². The summed E-state index contributed by atoms with van der Waals surface area (Å²) in [5, 5.41) is 1.04. The van der Waals surface area contributed by atoms with E-state index in [1.807, 2.05) is 30.9 Å². The molecule has 3 rings (SSSR count). The van der Waals surface area contributed by atoms with Crippen LogP contribution in [0.4, 0.5) is 0 Å². The van der Waals surface area contributed by atoms with E-state index < -0.39 is 0 Å². The van der Waals surface area contributed by atoms with Crippen LogP contribution >= 0.6 is 11.3 Å². The van der Waals surface area contributed by atoms with Crippen LogP contribution in [0.15, 0.2) is 24.3 Å². The van der Waals surface area contributed by atoms with Gasteiger partial charge in [0.15, 0.2) is 0 Å². The molecule has 4 nitrogen and oxygen atoms in total. The normalized spacial score (nSPS) is 17.3. The van der Waals surface area contributed by atoms with Crippen LogP contribution in [0.5, 0.6) is 5.75 Å². The number of carbonyl (C=O) groups is 1. The van der Waals surface area contributed by atoms with Gasteiger partial charge in [-0.15, -0.1) is 11.3 Å². The zero-order valence-corrected chi connectivity index (χ0v) is 16.2. The first-order valence-electron chi connectivity index (χ1n) is 9.02. The quantitative estimate of drug-likeness (QED) is 0.759. The molecule has 1 aliphatic rings. The third-order valence-corrected chi connectivity index (χ3v) is 6.04. The van der Waals surface area contributed by atoms with Gasteiger partial charge in [-0.2, -0.15) is 0 Å². The van der Waals surface area contributed by atoms with E-state index in [0.717, 1.165) is 40.7 Å². The fourth-order valence-electron chi connectivity index (χ4n) is 3.30. The topological polar surface area (TPSA) is 42.4 Å². The number of aromatic nitrogens is 1. The van der Waals surface area contributed by atoms with E-state index >= 15 is 0 Å². The molecular weight excluding hydrogens is 332 g/mol. The van der Waals surface area contributed by atoms with Crippen molar-refractivity contribution in [3.63, 3.8) is 0 Å². The van der Waals surface area contributed by atoms with Crippen molar-refractivity contribution in [2.24, 2.45) is 0 Å². The lowest BCUT2D eigenvalue weighted by Crippen LogP contribution is -2.30. The number of likely N-dealkylation sites (tertiary alicyclic amines) is 1. The predicted octanol–water partition coefficient (Wildman–Crippen LogP) is 4.95. The van der Waals surface area contributed by atoms with Gasteiger partial charge in [0, 0.05) is 12.5 Å². The summed E-state index contributed by atoms with van der Waals surface area (Å²) in [6, 6.07) is 8.30. The minimum Gasteiger partial charge on any atom is -0.494 e. The molecule has 1 aliphatic heterocycles. The molecule has 1 fully saturated rings. The zero-order chi connectivity index (χ0) is 18.0. The third-order valence-electron chi connectivity index (χ3n) is 4.59. The molecule has 2 heterocycles. The van der Waals surface area contributed by atoms with Crippen LogP contribution in [-0.2, 0) is 0 Å². The van der Waals surface area contributed by atoms with Crippen LogP contribution in [0.1, 0.15) is 71.5 Å². The van der Waals surface area contributed by atoms with E-state index in [2.05, 4.69) is 31.0 Å². The number of carbonyl (C=O) groups excluding carboxylic acids is 1. The van der Waals surface area contributed by atoms with Crippen molar-refractivity contribution in [3.05, 3.63) is 45.4 Å². The summed E-state index contributed by atoms with van der Waals surface area (Å²) in [5.74, 6) is 1.35. The fourth-order valence-corrected chi connectivity index (χ4v) is 4.33. The van der Waals surface area contributed by atoms with Crippen molar-refractivity contribution in [3.8, 4) is 5.75 Å². The second-order valence-corrected chi connectivity index (χ2v) is 7.81. The Morgan fingerprint density at radius 3 is 2.68 bits per heavy atom. The van der Waals surface area contributed by atoms with Crippen molar-refractivity contribution < 1.29 is 9.53 Å². The molecule has 0 saturated carbocycles. The summed E-state index contributed by atoms with van der Waals surface area (Å²) < 4.78 is 5.52. The van der Waals surface area contributed by atoms with Crippen LogP contribution in [0.25, 0.3) is 0 Å². The van der Waals surface area contributed by atoms with Crippen LogP contribution in [0.3, 0.4) is 0 Å². The molecule has 1 saturated heterocycles. The van der Waals surface area contributed by atoms with Gasteiger partial charge in [0.05, 0.1) is 23.4 Å². The van der Waals surface area contributed by atoms with Gasteiger partial charge < -0.3 is 9.64 Å². The SMILES string of the molecule is CCOc1ccc(C2CCCN2C(=O)c2sc(C(C)C)nc2C)cc1. The lowest BCUT2D eigenvalue weighted by Gasteiger charge is -2.25. The first-order valence-corrected chi connectivity index (χ1v) is 9.84. The number of amides is 1. The number of nitrogens with zero attached hydrogens (tertiary/aromatic N) is 2. The number of hydrogen-bond acceptors (Lipinski definition) is 4. The summed E-state index contributed by atoms with van der Waals surface area (Å²) in [6.07, 6.45) is 2.05. The molecule has 1 atom stereocenters. The lowest BCUT2D eigenvalue weighted by atomic mass is 10.0. The molecule has 5 heteroatoms. The maximum atomic E-state index is 13.1. The number of aryl methyl sites for hydroxylation is 1. The van der Waals surface area contributed by atoms with Crippen LogP contribution < -0.4 is 4.74 Å². The monoisotopic (exact) mass is 358 g/mol. The highest BCUT2D eigenvalue weighted by Gasteiger charge is 2.32. The second-order valence-electron chi connectivity index (χ2n) is 6.78. The Morgan fingerprint density at radius 1 is 1.36 bits per heavy atom. The maximum absolute atomic E-state index is 13.1. The first-order chi connectivity index (χ1) is 12.0. The molecular formula is C20H26N2O2S. The van der Waals surface area contributed by atoms with Crippen molar-refractivity contribution in [2.75, 3.05) is 13.2 Å². The third kappa shape index (κ3) is 3.71. The molecule has 0 N–H and O–H groups in total. The smallest absolute Gasteiger partial charge is 0.266 e. The van der Waals surface area contributed by atoms with E-state index in [-0.39, 0.29) is 11.9 Å². The molecule has 1 aromatic heterocycles. The summed E-state index contributed by atoms with van der Waals surface area (Å²) in [5.41, 5.74) is 2.04. The molecule has 134 valence electrons. The van der Waals surface area contributed by atoms with Gasteiger partial charge in [0.2, 0.25) is 0 Å². The Bertz CT molecular complexity index is 737. The van der Waals surface area contributed by atoms with Gasteiger partial charge in [-0.05, 0) is 44.4 Å². The van der Waals surface area contributed by atoms with Gasteiger partial charge in [-0.3, -0.25) is 4.79 Å². The summed E-state index contributed by atoms with van der Waals surface area (Å²) in [6.45, 7) is 9.63. The van der Waals surface area contributed by atoms with Crippen LogP contribution in [0.2, 0.25) is 0 Å². The Labute approximate surface area is 153 Å². The Morgan fingerprint density at radius 2 is 2.08 bits per heavy atom. The van der Waals surface area contributed by atoms with Crippen molar-refractivity contribution in [1.82, 2.24) is 9.88 Å². The Balaban J connectivity index is 1.82. The highest BCUT2D eigenvalue weighted by molar-refractivity contribution is 7.13. The van der Waals surface area contributed by atoms with Gasteiger partial charge in [0.25, 0.3) is 5.91 Å². The number of rotatable bonds is 5. The van der Waals surface area contributed by atoms with Gasteiger partial charge in [-0.25, -0.2) is 4.98 Å². The fraction of sp³-hybridized carbons (Fsp3) is 0.500. The molecule has 1 aromatic carbocycles. The Hall–Kier alpha value is -1.88. The average Bonchev–Trinajstić information content (AvgIpc) is 3.22. The molecule has 2 aromatic rings. The predicted molar refractivity (Wildman–Crippen MR) is 102 cm³/mol. The van der Waals surface area contributed by atoms with Crippen molar-refractivity contribution >= 4 is 17.2 Å². The largest absolute Gasteiger partial charge is 0.494 e.